The maximum Gasteiger partial charge on any atom is 0.408 e. The first-order valence-electron chi connectivity index (χ1n) is 32.5. The number of rotatable bonds is 52. The first kappa shape index (κ1) is 76.6. The van der Waals surface area contributed by atoms with Crippen LogP contribution in [0, 0.1) is 11.3 Å². The van der Waals surface area contributed by atoms with Gasteiger partial charge in [0.2, 0.25) is 11.6 Å². The van der Waals surface area contributed by atoms with Gasteiger partial charge in [0.05, 0.1) is 37.9 Å². The number of unbranched alkanes of at least 4 members (excludes halogenated alkanes) is 28. The highest BCUT2D eigenvalue weighted by atomic mass is 127. The summed E-state index contributed by atoms with van der Waals surface area (Å²) in [6.07, 6.45) is 30.3. The molecule has 3 atom stereocenters. The number of carbonyl (C=O) groups excluding carboxylic acids is 8. The predicted octanol–water partition coefficient (Wildman–Crippen LogP) is 15.6. The van der Waals surface area contributed by atoms with Crippen LogP contribution in [0.1, 0.15) is 278 Å². The van der Waals surface area contributed by atoms with Crippen molar-refractivity contribution in [1.29, 1.82) is 0 Å². The van der Waals surface area contributed by atoms with Crippen LogP contribution in [0.2, 0.25) is 0 Å². The van der Waals surface area contributed by atoms with Crippen LogP contribution in [0.25, 0.3) is 0 Å². The van der Waals surface area contributed by atoms with Crippen LogP contribution in [0.4, 0.5) is 4.79 Å². The molecule has 0 bridgehead atoms. The van der Waals surface area contributed by atoms with Gasteiger partial charge in [0.15, 0.2) is 0 Å². The molecule has 486 valence electrons. The quantitative estimate of drug-likeness (QED) is 0.0159. The van der Waals surface area contributed by atoms with Crippen molar-refractivity contribution in [2.75, 3.05) is 24.4 Å². The Hall–Kier alpha value is -4.53. The number of esters is 6. The van der Waals surface area contributed by atoms with Crippen molar-refractivity contribution in [2.45, 2.75) is 297 Å². The Labute approximate surface area is 522 Å². The summed E-state index contributed by atoms with van der Waals surface area (Å²) in [5.74, 6) is -9.56. The van der Waals surface area contributed by atoms with Crippen molar-refractivity contribution in [2.24, 2.45) is 11.3 Å². The topological polar surface area (TPSA) is 232 Å². The summed E-state index contributed by atoms with van der Waals surface area (Å²) in [6.45, 7) is 9.21. The molecule has 0 aromatic heterocycles. The van der Waals surface area contributed by atoms with Gasteiger partial charge in [0.25, 0.3) is 5.79 Å². The van der Waals surface area contributed by atoms with Gasteiger partial charge in [-0.05, 0) is 60.8 Å². The molecular formula is C66H108INO17. The van der Waals surface area contributed by atoms with E-state index in [2.05, 4.69) is 19.2 Å². The molecule has 2 rings (SSSR count). The molecule has 0 aliphatic carbocycles. The molecule has 1 aliphatic rings. The Kier molecular flexibility index (Phi) is 42.0. The number of amides is 1. The highest BCUT2D eigenvalue weighted by Gasteiger charge is 2.71. The molecular weight excluding hydrogens is 1210 g/mol. The summed E-state index contributed by atoms with van der Waals surface area (Å²) in [7, 11) is 0. The van der Waals surface area contributed by atoms with E-state index in [0.717, 1.165) is 51.4 Å². The number of halogens is 1. The second-order valence-electron chi connectivity index (χ2n) is 23.7. The van der Waals surface area contributed by atoms with Crippen LogP contribution in [-0.4, -0.2) is 89.7 Å². The number of ether oxygens (including phenoxy) is 7. The second kappa shape index (κ2) is 46.6. The standard InChI is InChI=1S/C66H108INO17/c1-7-9-11-13-15-17-19-21-23-25-27-29-31-33-38-42-56(69)77-48-46-55(82-59(72)45-44-58(71)80-51-64(5,6)61(74)81-52-67)60(73)83-65(66(53(3)4,62(75)84-85-65)68-63(76)79-50-54-40-36-35-37-41-54)47-49-78-57(70)43-39-34-32-30-28-26-24-22-20-18-16-14-12-10-8-2/h35-37,40-41,53,55H,7-34,38-39,42-52H2,1-6H3,(H,68,76)/t55?,65?,66-/m0/s1. The summed E-state index contributed by atoms with van der Waals surface area (Å²) in [6, 6.07) is 8.77. The number of benzene rings is 1. The zero-order valence-corrected chi connectivity index (χ0v) is 55.0. The van der Waals surface area contributed by atoms with Gasteiger partial charge in [-0.2, -0.15) is 0 Å². The summed E-state index contributed by atoms with van der Waals surface area (Å²) in [5, 5.41) is 2.55. The van der Waals surface area contributed by atoms with Crippen molar-refractivity contribution in [1.82, 2.24) is 5.32 Å². The van der Waals surface area contributed by atoms with Crippen LogP contribution < -0.4 is 5.32 Å². The van der Waals surface area contributed by atoms with Crippen LogP contribution in [0.3, 0.4) is 0 Å². The molecule has 1 aromatic carbocycles. The lowest BCUT2D eigenvalue weighted by Gasteiger charge is -2.41. The highest BCUT2D eigenvalue weighted by molar-refractivity contribution is 14.1. The molecule has 1 amide bonds. The fourth-order valence-corrected chi connectivity index (χ4v) is 10.5. The third-order valence-electron chi connectivity index (χ3n) is 15.5. The third kappa shape index (κ3) is 32.9. The van der Waals surface area contributed by atoms with Gasteiger partial charge < -0.3 is 33.2 Å². The molecule has 2 unspecified atom stereocenters. The van der Waals surface area contributed by atoms with Gasteiger partial charge in [-0.1, -0.05) is 238 Å². The van der Waals surface area contributed by atoms with Crippen LogP contribution in [-0.2, 0) is 83.1 Å². The van der Waals surface area contributed by atoms with Crippen molar-refractivity contribution < 1.29 is 81.3 Å². The van der Waals surface area contributed by atoms with Crippen molar-refractivity contribution in [3.05, 3.63) is 35.9 Å². The van der Waals surface area contributed by atoms with Crippen LogP contribution in [0.5, 0.6) is 0 Å². The van der Waals surface area contributed by atoms with E-state index in [0.29, 0.717) is 18.4 Å². The van der Waals surface area contributed by atoms with Crippen LogP contribution in [0.15, 0.2) is 30.3 Å². The van der Waals surface area contributed by atoms with E-state index >= 15 is 0 Å². The van der Waals surface area contributed by atoms with Crippen LogP contribution >= 0.6 is 22.6 Å². The van der Waals surface area contributed by atoms with Gasteiger partial charge in [0, 0.05) is 19.3 Å². The Morgan fingerprint density at radius 3 is 1.45 bits per heavy atom. The number of hydrogen-bond donors (Lipinski definition) is 1. The van der Waals surface area contributed by atoms with E-state index in [-0.39, 0.29) is 30.7 Å². The van der Waals surface area contributed by atoms with E-state index in [1.165, 1.54) is 142 Å². The van der Waals surface area contributed by atoms with Crippen molar-refractivity contribution in [3.63, 3.8) is 0 Å². The van der Waals surface area contributed by atoms with E-state index < -0.39 is 116 Å². The highest BCUT2D eigenvalue weighted by Crippen LogP contribution is 2.44. The van der Waals surface area contributed by atoms with Crippen molar-refractivity contribution in [3.8, 4) is 0 Å². The Bertz CT molecular complexity index is 2040. The summed E-state index contributed by atoms with van der Waals surface area (Å²) < 4.78 is 38.8. The monoisotopic (exact) mass is 1310 g/mol. The number of alkyl halides is 1. The van der Waals surface area contributed by atoms with Gasteiger partial charge in [0.1, 0.15) is 17.8 Å². The maximum absolute atomic E-state index is 14.6. The third-order valence-corrected chi connectivity index (χ3v) is 15.8. The lowest BCUT2D eigenvalue weighted by molar-refractivity contribution is -0.371. The first-order valence-corrected chi connectivity index (χ1v) is 34.0. The van der Waals surface area contributed by atoms with E-state index in [1.807, 2.05) is 22.6 Å². The molecule has 1 saturated heterocycles. The van der Waals surface area contributed by atoms with Gasteiger partial charge in [-0.25, -0.2) is 14.4 Å². The van der Waals surface area contributed by atoms with Gasteiger partial charge in [-0.15, -0.1) is 4.89 Å². The van der Waals surface area contributed by atoms with E-state index in [4.69, 9.17) is 42.9 Å². The van der Waals surface area contributed by atoms with Crippen molar-refractivity contribution >= 4 is 70.5 Å². The molecule has 0 radical (unpaired) electrons. The zero-order chi connectivity index (χ0) is 62.4. The number of hydrogen-bond acceptors (Lipinski definition) is 17. The molecule has 1 fully saturated rings. The number of carbonyl (C=O) groups is 8. The smallest absolute Gasteiger partial charge is 0.408 e. The average Bonchev–Trinajstić information content (AvgIpc) is 2.04. The maximum atomic E-state index is 14.6. The zero-order valence-electron chi connectivity index (χ0n) is 52.9. The minimum Gasteiger partial charge on any atom is -0.466 e. The largest absolute Gasteiger partial charge is 0.466 e. The summed E-state index contributed by atoms with van der Waals surface area (Å²) in [4.78, 5) is 118. The predicted molar refractivity (Wildman–Crippen MR) is 332 cm³/mol. The van der Waals surface area contributed by atoms with E-state index in [9.17, 15) is 38.4 Å². The molecule has 1 aromatic rings. The molecule has 0 spiro atoms. The SMILES string of the molecule is CCCCCCCCCCCCCCCCCC(=O)OCCC(OC(=O)CCC(=O)OCC(C)(C)C(=O)OCI)C(=O)OC1(CCOC(=O)CCCCCCCCCCCCCCCCC)OOC(=O)[C@@]1(NC(=O)OCc1ccccc1)C(C)C. The lowest BCUT2D eigenvalue weighted by Crippen LogP contribution is -2.70. The number of alkyl carbamates (subject to hydrolysis) is 1. The lowest BCUT2D eigenvalue weighted by atomic mass is 9.77. The first-order chi connectivity index (χ1) is 41.0. The summed E-state index contributed by atoms with van der Waals surface area (Å²) >= 11 is 1.87. The molecule has 1 N–H and O–H groups in total. The molecule has 85 heavy (non-hydrogen) atoms. The van der Waals surface area contributed by atoms with E-state index in [1.54, 1.807) is 44.2 Å². The molecule has 19 heteroatoms. The Morgan fingerprint density at radius 1 is 0.553 bits per heavy atom. The minimum absolute atomic E-state index is 0.0993. The fraction of sp³-hybridized carbons (Fsp3) is 0.788. The molecule has 1 heterocycles. The molecule has 1 aliphatic heterocycles. The second-order valence-corrected chi connectivity index (χ2v) is 24.3. The number of nitrogens with one attached hydrogen (secondary N) is 1. The molecule has 18 nitrogen and oxygen atoms in total. The minimum atomic E-state index is -2.57. The summed E-state index contributed by atoms with van der Waals surface area (Å²) in [5.41, 5.74) is -2.88. The van der Waals surface area contributed by atoms with Gasteiger partial charge in [-0.3, -0.25) is 34.2 Å². The normalized spacial score (nSPS) is 16.1. The molecule has 0 saturated carbocycles. The Morgan fingerprint density at radius 2 is 0.988 bits per heavy atom. The fourth-order valence-electron chi connectivity index (χ4n) is 10.2. The van der Waals surface area contributed by atoms with Gasteiger partial charge >= 0.3 is 47.9 Å². The average molecular weight is 1310 g/mol. The Balaban J connectivity index is 2.19.